The molecule has 1 aromatic carbocycles. The number of amides is 1. The topological polar surface area (TPSA) is 79.3 Å². The Morgan fingerprint density at radius 1 is 1.40 bits per heavy atom. The molecule has 25 heavy (non-hydrogen) atoms. The van der Waals surface area contributed by atoms with Crippen LogP contribution in [-0.2, 0) is 11.2 Å². The summed E-state index contributed by atoms with van der Waals surface area (Å²) >= 11 is 7.33. The summed E-state index contributed by atoms with van der Waals surface area (Å²) in [7, 11) is 0. The molecule has 2 N–H and O–H groups in total. The van der Waals surface area contributed by atoms with Crippen LogP contribution in [0.3, 0.4) is 0 Å². The lowest BCUT2D eigenvalue weighted by Gasteiger charge is -2.19. The van der Waals surface area contributed by atoms with Crippen molar-refractivity contribution in [1.82, 2.24) is 10.3 Å². The maximum absolute atomic E-state index is 12.8. The van der Waals surface area contributed by atoms with Gasteiger partial charge in [-0.05, 0) is 44.7 Å². The quantitative estimate of drug-likeness (QED) is 0.796. The molecule has 1 unspecified atom stereocenters. The van der Waals surface area contributed by atoms with Crippen molar-refractivity contribution in [1.29, 1.82) is 0 Å². The van der Waals surface area contributed by atoms with Crippen molar-refractivity contribution in [2.75, 3.05) is 0 Å². The number of hydrogen-bond acceptors (Lipinski definition) is 4. The smallest absolute Gasteiger partial charge is 0.347 e. The van der Waals surface area contributed by atoms with E-state index in [4.69, 9.17) is 16.7 Å². The third-order valence-corrected chi connectivity index (χ3v) is 6.24. The van der Waals surface area contributed by atoms with Crippen molar-refractivity contribution >= 4 is 34.8 Å². The molecule has 1 aliphatic rings. The Bertz CT molecular complexity index is 829. The second kappa shape index (κ2) is 6.77. The van der Waals surface area contributed by atoms with E-state index in [0.717, 1.165) is 29.7 Å². The number of nitrogens with one attached hydrogen (secondary N) is 1. The third kappa shape index (κ3) is 3.70. The first-order chi connectivity index (χ1) is 11.8. The zero-order valence-corrected chi connectivity index (χ0v) is 15.6. The Hall–Kier alpha value is -1.92. The van der Waals surface area contributed by atoms with Gasteiger partial charge in [0.15, 0.2) is 0 Å². The molecule has 1 aliphatic carbocycles. The van der Waals surface area contributed by atoms with Crippen molar-refractivity contribution in [2.24, 2.45) is 5.41 Å². The standard InChI is InChI=1S/C18H19ClN2O3S/c1-10-14(16(22)23)25-15(20-10)11(2)21-17(24)18(7-8-18)9-12-5-3-4-6-13(12)19/h3-6,11H,7-9H2,1-2H3,(H,21,24)(H,22,23). The van der Waals surface area contributed by atoms with Gasteiger partial charge in [0.05, 0.1) is 17.2 Å². The molecule has 0 radical (unpaired) electrons. The van der Waals surface area contributed by atoms with E-state index in [2.05, 4.69) is 10.3 Å². The van der Waals surface area contributed by atoms with Crippen LogP contribution in [0.5, 0.6) is 0 Å². The Kier molecular flexibility index (Phi) is 4.84. The fraction of sp³-hybridized carbons (Fsp3) is 0.389. The predicted molar refractivity (Wildman–Crippen MR) is 97.2 cm³/mol. The van der Waals surface area contributed by atoms with Gasteiger partial charge in [-0.15, -0.1) is 11.3 Å². The number of carbonyl (C=O) groups excluding carboxylic acids is 1. The number of carbonyl (C=O) groups is 2. The SMILES string of the molecule is Cc1nc(C(C)NC(=O)C2(Cc3ccccc3Cl)CC2)sc1C(=O)O. The molecule has 0 spiro atoms. The van der Waals surface area contributed by atoms with Crippen molar-refractivity contribution in [3.05, 3.63) is 50.4 Å². The predicted octanol–water partition coefficient (Wildman–Crippen LogP) is 4.00. The zero-order chi connectivity index (χ0) is 18.2. The molecule has 1 atom stereocenters. The molecule has 2 aromatic rings. The fourth-order valence-electron chi connectivity index (χ4n) is 2.85. The number of carboxylic acid groups (broad SMARTS) is 1. The van der Waals surface area contributed by atoms with Gasteiger partial charge in [-0.25, -0.2) is 9.78 Å². The highest BCUT2D eigenvalue weighted by molar-refractivity contribution is 7.13. The molecule has 0 bridgehead atoms. The van der Waals surface area contributed by atoms with Crippen LogP contribution in [0.25, 0.3) is 0 Å². The van der Waals surface area contributed by atoms with Crippen molar-refractivity contribution in [3.8, 4) is 0 Å². The van der Waals surface area contributed by atoms with Crippen molar-refractivity contribution < 1.29 is 14.7 Å². The van der Waals surface area contributed by atoms with E-state index in [0.29, 0.717) is 22.1 Å². The van der Waals surface area contributed by atoms with E-state index in [-0.39, 0.29) is 16.8 Å². The number of carboxylic acids is 1. The number of rotatable bonds is 6. The van der Waals surface area contributed by atoms with Gasteiger partial charge in [-0.3, -0.25) is 4.79 Å². The van der Waals surface area contributed by atoms with Crippen LogP contribution in [0.2, 0.25) is 5.02 Å². The molecule has 132 valence electrons. The minimum Gasteiger partial charge on any atom is -0.477 e. The highest BCUT2D eigenvalue weighted by atomic mass is 35.5. The summed E-state index contributed by atoms with van der Waals surface area (Å²) in [5, 5.41) is 13.4. The van der Waals surface area contributed by atoms with Gasteiger partial charge in [0.2, 0.25) is 5.91 Å². The minimum absolute atomic E-state index is 0.0235. The Morgan fingerprint density at radius 3 is 2.64 bits per heavy atom. The highest BCUT2D eigenvalue weighted by Gasteiger charge is 2.50. The summed E-state index contributed by atoms with van der Waals surface area (Å²) in [5.74, 6) is -1.01. The number of aromatic carboxylic acids is 1. The molecule has 1 fully saturated rings. The lowest BCUT2D eigenvalue weighted by atomic mass is 9.95. The van der Waals surface area contributed by atoms with E-state index in [1.54, 1.807) is 6.92 Å². The van der Waals surface area contributed by atoms with Crippen LogP contribution >= 0.6 is 22.9 Å². The molecule has 1 heterocycles. The first kappa shape index (κ1) is 17.9. The van der Waals surface area contributed by atoms with Gasteiger partial charge >= 0.3 is 5.97 Å². The average Bonchev–Trinajstić information content (AvgIpc) is 3.23. The lowest BCUT2D eigenvalue weighted by molar-refractivity contribution is -0.127. The number of halogens is 1. The number of nitrogens with zero attached hydrogens (tertiary/aromatic N) is 1. The van der Waals surface area contributed by atoms with Gasteiger partial charge in [-0.1, -0.05) is 29.8 Å². The summed E-state index contributed by atoms with van der Waals surface area (Å²) < 4.78 is 0. The monoisotopic (exact) mass is 378 g/mol. The van der Waals surface area contributed by atoms with Crippen LogP contribution in [0.15, 0.2) is 24.3 Å². The van der Waals surface area contributed by atoms with Gasteiger partial charge < -0.3 is 10.4 Å². The first-order valence-corrected chi connectivity index (χ1v) is 9.27. The summed E-state index contributed by atoms with van der Waals surface area (Å²) in [6.07, 6.45) is 2.27. The van der Waals surface area contributed by atoms with Crippen LogP contribution in [-0.4, -0.2) is 22.0 Å². The molecule has 5 nitrogen and oxygen atoms in total. The largest absolute Gasteiger partial charge is 0.477 e. The van der Waals surface area contributed by atoms with Crippen LogP contribution in [0, 0.1) is 12.3 Å². The number of aryl methyl sites for hydroxylation is 1. The van der Waals surface area contributed by atoms with E-state index < -0.39 is 11.4 Å². The van der Waals surface area contributed by atoms with Crippen molar-refractivity contribution in [2.45, 2.75) is 39.2 Å². The summed E-state index contributed by atoms with van der Waals surface area (Å²) in [6.45, 7) is 3.49. The third-order valence-electron chi connectivity index (χ3n) is 4.55. The Labute approximate surface area is 155 Å². The van der Waals surface area contributed by atoms with E-state index >= 15 is 0 Å². The van der Waals surface area contributed by atoms with E-state index in [1.165, 1.54) is 0 Å². The zero-order valence-electron chi connectivity index (χ0n) is 14.0. The number of hydrogen-bond donors (Lipinski definition) is 2. The minimum atomic E-state index is -0.989. The molecular formula is C18H19ClN2O3S. The van der Waals surface area contributed by atoms with Gasteiger partial charge in [0.1, 0.15) is 9.88 Å². The normalized spacial score (nSPS) is 16.3. The molecule has 3 rings (SSSR count). The van der Waals surface area contributed by atoms with E-state index in [9.17, 15) is 9.59 Å². The van der Waals surface area contributed by atoms with Gasteiger partial charge in [-0.2, -0.15) is 0 Å². The lowest BCUT2D eigenvalue weighted by Crippen LogP contribution is -2.35. The summed E-state index contributed by atoms with van der Waals surface area (Å²) in [4.78, 5) is 28.4. The van der Waals surface area contributed by atoms with Crippen LogP contribution < -0.4 is 5.32 Å². The second-order valence-electron chi connectivity index (χ2n) is 6.52. The molecule has 1 aromatic heterocycles. The van der Waals surface area contributed by atoms with Gasteiger partial charge in [0, 0.05) is 5.02 Å². The molecule has 0 saturated heterocycles. The maximum Gasteiger partial charge on any atom is 0.347 e. The Balaban J connectivity index is 1.70. The molecule has 1 saturated carbocycles. The second-order valence-corrected chi connectivity index (χ2v) is 7.95. The molecule has 7 heteroatoms. The van der Waals surface area contributed by atoms with Gasteiger partial charge in [0.25, 0.3) is 0 Å². The number of aromatic nitrogens is 1. The van der Waals surface area contributed by atoms with E-state index in [1.807, 2.05) is 31.2 Å². The summed E-state index contributed by atoms with van der Waals surface area (Å²) in [5.41, 5.74) is 1.04. The maximum atomic E-state index is 12.8. The fourth-order valence-corrected chi connectivity index (χ4v) is 3.96. The first-order valence-electron chi connectivity index (χ1n) is 8.07. The molecular weight excluding hydrogens is 360 g/mol. The number of benzene rings is 1. The highest BCUT2D eigenvalue weighted by Crippen LogP contribution is 2.49. The van der Waals surface area contributed by atoms with Crippen LogP contribution in [0.1, 0.15) is 51.7 Å². The van der Waals surface area contributed by atoms with Crippen molar-refractivity contribution in [3.63, 3.8) is 0 Å². The number of thiazole rings is 1. The Morgan fingerprint density at radius 2 is 2.08 bits per heavy atom. The summed E-state index contributed by atoms with van der Waals surface area (Å²) in [6, 6.07) is 7.25. The average molecular weight is 379 g/mol. The van der Waals surface area contributed by atoms with Crippen LogP contribution in [0.4, 0.5) is 0 Å². The molecule has 0 aliphatic heterocycles. The molecule has 1 amide bonds.